The zero-order valence-electron chi connectivity index (χ0n) is 5.28. The number of hydrogen-bond acceptors (Lipinski definition) is 4. The summed E-state index contributed by atoms with van der Waals surface area (Å²) in [6.45, 7) is -0.241. The molecule has 10 heavy (non-hydrogen) atoms. The smallest absolute Gasteiger partial charge is 0.407 e. The van der Waals surface area contributed by atoms with Gasteiger partial charge in [-0.3, -0.25) is 0 Å². The molecule has 0 aliphatic carbocycles. The highest BCUT2D eigenvalue weighted by atomic mass is 16.6. The number of alkyl carbamates (subject to hydrolysis) is 1. The van der Waals surface area contributed by atoms with Crippen LogP contribution in [-0.2, 0) is 4.74 Å². The van der Waals surface area contributed by atoms with Crippen molar-refractivity contribution in [1.82, 2.24) is 5.32 Å². The quantitative estimate of drug-likeness (QED) is 0.441. The summed E-state index contributed by atoms with van der Waals surface area (Å²) >= 11 is 0. The Morgan fingerprint density at radius 2 is 2.60 bits per heavy atom. The number of amides is 1. The first-order valence-corrected chi connectivity index (χ1v) is 2.96. The van der Waals surface area contributed by atoms with E-state index in [0.717, 1.165) is 0 Å². The molecule has 5 nitrogen and oxygen atoms in total. The summed E-state index contributed by atoms with van der Waals surface area (Å²) in [5.41, 5.74) is 0. The lowest BCUT2D eigenvalue weighted by Gasteiger charge is -2.11. The molecule has 1 amide bonds. The monoisotopic (exact) mass is 147 g/mol. The van der Waals surface area contributed by atoms with Crippen LogP contribution in [0.1, 0.15) is 0 Å². The summed E-state index contributed by atoms with van der Waals surface area (Å²) < 4.78 is 4.47. The second-order valence-electron chi connectivity index (χ2n) is 2.10. The van der Waals surface area contributed by atoms with Crippen molar-refractivity contribution in [2.45, 2.75) is 12.1 Å². The average Bonchev–Trinajstić information content (AvgIpc) is 2.34. The Balaban J connectivity index is 2.36. The van der Waals surface area contributed by atoms with Crippen LogP contribution < -0.4 is 5.32 Å². The van der Waals surface area contributed by atoms with Crippen molar-refractivity contribution in [3.8, 4) is 0 Å². The van der Waals surface area contributed by atoms with Gasteiger partial charge < -0.3 is 20.3 Å². The molecular formula is C5H9NO4. The molecule has 0 aromatic carbocycles. The van der Waals surface area contributed by atoms with Gasteiger partial charge in [-0.25, -0.2) is 4.79 Å². The number of hydrogen-bond donors (Lipinski definition) is 3. The van der Waals surface area contributed by atoms with Gasteiger partial charge in [-0.1, -0.05) is 0 Å². The molecule has 0 bridgehead atoms. The molecular weight excluding hydrogens is 138 g/mol. The van der Waals surface area contributed by atoms with E-state index in [9.17, 15) is 4.79 Å². The molecule has 0 spiro atoms. The molecule has 1 fully saturated rings. The lowest BCUT2D eigenvalue weighted by Crippen LogP contribution is -2.40. The third-order valence-corrected chi connectivity index (χ3v) is 1.35. The SMILES string of the molecule is O=C1N[C@@H]([C@H](O)CO)CO1. The Bertz CT molecular complexity index is 138. The summed E-state index contributed by atoms with van der Waals surface area (Å²) in [6, 6.07) is -0.461. The van der Waals surface area contributed by atoms with Crippen LogP contribution in [0.4, 0.5) is 4.79 Å². The van der Waals surface area contributed by atoms with E-state index in [-0.39, 0.29) is 13.2 Å². The molecule has 1 rings (SSSR count). The number of aliphatic hydroxyl groups excluding tert-OH is 2. The number of ether oxygens (including phenoxy) is 1. The maximum Gasteiger partial charge on any atom is 0.407 e. The number of carbonyl (C=O) groups excluding carboxylic acids is 1. The van der Waals surface area contributed by atoms with E-state index in [4.69, 9.17) is 10.2 Å². The summed E-state index contributed by atoms with van der Waals surface area (Å²) in [6.07, 6.45) is -1.47. The minimum atomic E-state index is -0.925. The molecule has 1 aliphatic heterocycles. The van der Waals surface area contributed by atoms with Gasteiger partial charge in [0, 0.05) is 0 Å². The molecule has 0 aromatic heterocycles. The highest BCUT2D eigenvalue weighted by Gasteiger charge is 2.27. The summed E-state index contributed by atoms with van der Waals surface area (Å²) in [7, 11) is 0. The fraction of sp³-hybridized carbons (Fsp3) is 0.800. The molecule has 2 atom stereocenters. The minimum absolute atomic E-state index is 0.126. The number of nitrogens with one attached hydrogen (secondary N) is 1. The Labute approximate surface area is 57.6 Å². The largest absolute Gasteiger partial charge is 0.447 e. The van der Waals surface area contributed by atoms with Crippen molar-refractivity contribution in [3.05, 3.63) is 0 Å². The van der Waals surface area contributed by atoms with E-state index in [0.29, 0.717) is 0 Å². The van der Waals surface area contributed by atoms with Gasteiger partial charge in [0.2, 0.25) is 0 Å². The molecule has 3 N–H and O–H groups in total. The van der Waals surface area contributed by atoms with Crippen molar-refractivity contribution in [2.75, 3.05) is 13.2 Å². The molecule has 1 saturated heterocycles. The first-order chi connectivity index (χ1) is 4.74. The Morgan fingerprint density at radius 1 is 1.90 bits per heavy atom. The van der Waals surface area contributed by atoms with E-state index in [1.807, 2.05) is 0 Å². The van der Waals surface area contributed by atoms with Crippen LogP contribution in [0.2, 0.25) is 0 Å². The molecule has 0 radical (unpaired) electrons. The van der Waals surface area contributed by atoms with Crippen molar-refractivity contribution >= 4 is 6.09 Å². The average molecular weight is 147 g/mol. The van der Waals surface area contributed by atoms with Gasteiger partial charge in [0.1, 0.15) is 12.7 Å². The lowest BCUT2D eigenvalue weighted by atomic mass is 10.2. The van der Waals surface area contributed by atoms with Gasteiger partial charge in [0.25, 0.3) is 0 Å². The van der Waals surface area contributed by atoms with E-state index >= 15 is 0 Å². The summed E-state index contributed by atoms with van der Waals surface area (Å²) in [5, 5.41) is 19.7. The third-order valence-electron chi connectivity index (χ3n) is 1.35. The molecule has 1 heterocycles. The highest BCUT2D eigenvalue weighted by molar-refractivity contribution is 5.69. The maximum atomic E-state index is 10.3. The fourth-order valence-corrected chi connectivity index (χ4v) is 0.735. The summed E-state index contributed by atoms with van der Waals surface area (Å²) in [4.78, 5) is 10.3. The van der Waals surface area contributed by atoms with Crippen LogP contribution >= 0.6 is 0 Å². The van der Waals surface area contributed by atoms with E-state index in [2.05, 4.69) is 10.1 Å². The fourth-order valence-electron chi connectivity index (χ4n) is 0.735. The zero-order valence-corrected chi connectivity index (χ0v) is 5.28. The molecule has 0 saturated carbocycles. The maximum absolute atomic E-state index is 10.3. The Kier molecular flexibility index (Phi) is 2.08. The third kappa shape index (κ3) is 1.37. The van der Waals surface area contributed by atoms with Gasteiger partial charge in [-0.15, -0.1) is 0 Å². The topological polar surface area (TPSA) is 78.8 Å². The number of aliphatic hydroxyl groups is 2. The number of rotatable bonds is 2. The van der Waals surface area contributed by atoms with Crippen molar-refractivity contribution in [2.24, 2.45) is 0 Å². The predicted octanol–water partition coefficient (Wildman–Crippen LogP) is -1.55. The molecule has 0 aromatic rings. The van der Waals surface area contributed by atoms with Crippen molar-refractivity contribution in [1.29, 1.82) is 0 Å². The van der Waals surface area contributed by atoms with Gasteiger partial charge in [-0.05, 0) is 0 Å². The van der Waals surface area contributed by atoms with Crippen LogP contribution in [0.5, 0.6) is 0 Å². The first kappa shape index (κ1) is 7.30. The number of carbonyl (C=O) groups is 1. The van der Waals surface area contributed by atoms with Crippen LogP contribution in [0.3, 0.4) is 0 Å². The van der Waals surface area contributed by atoms with E-state index in [1.165, 1.54) is 0 Å². The Morgan fingerprint density at radius 3 is 3.00 bits per heavy atom. The molecule has 0 unspecified atom stereocenters. The molecule has 1 aliphatic rings. The standard InChI is InChI=1S/C5H9NO4/c7-1-4(8)3-2-10-5(9)6-3/h3-4,7-8H,1-2H2,(H,6,9)/t3-,4-/m1/s1. The highest BCUT2D eigenvalue weighted by Crippen LogP contribution is 2.01. The van der Waals surface area contributed by atoms with Gasteiger partial charge in [-0.2, -0.15) is 0 Å². The van der Waals surface area contributed by atoms with Gasteiger partial charge >= 0.3 is 6.09 Å². The predicted molar refractivity (Wildman–Crippen MR) is 31.4 cm³/mol. The van der Waals surface area contributed by atoms with Crippen molar-refractivity contribution < 1.29 is 19.7 Å². The summed E-state index contributed by atoms with van der Waals surface area (Å²) in [5.74, 6) is 0. The van der Waals surface area contributed by atoms with E-state index < -0.39 is 18.2 Å². The van der Waals surface area contributed by atoms with Crippen LogP contribution in [0.15, 0.2) is 0 Å². The number of cyclic esters (lactones) is 1. The second-order valence-corrected chi connectivity index (χ2v) is 2.10. The van der Waals surface area contributed by atoms with Gasteiger partial charge in [0.15, 0.2) is 0 Å². The lowest BCUT2D eigenvalue weighted by molar-refractivity contribution is 0.0642. The van der Waals surface area contributed by atoms with Crippen LogP contribution in [0, 0.1) is 0 Å². The van der Waals surface area contributed by atoms with Crippen molar-refractivity contribution in [3.63, 3.8) is 0 Å². The Hall–Kier alpha value is -0.810. The van der Waals surface area contributed by atoms with Crippen LogP contribution in [0.25, 0.3) is 0 Å². The molecule has 58 valence electrons. The van der Waals surface area contributed by atoms with Gasteiger partial charge in [0.05, 0.1) is 12.6 Å². The second kappa shape index (κ2) is 2.85. The molecule has 5 heteroatoms. The minimum Gasteiger partial charge on any atom is -0.447 e. The first-order valence-electron chi connectivity index (χ1n) is 2.96. The zero-order chi connectivity index (χ0) is 7.56. The normalized spacial score (nSPS) is 27.4. The van der Waals surface area contributed by atoms with Crippen LogP contribution in [-0.4, -0.2) is 41.7 Å². The van der Waals surface area contributed by atoms with E-state index in [1.54, 1.807) is 0 Å².